The van der Waals surface area contributed by atoms with Crippen LogP contribution in [-0.2, 0) is 12.8 Å². The summed E-state index contributed by atoms with van der Waals surface area (Å²) in [6.45, 7) is 6.20. The van der Waals surface area contributed by atoms with Crippen molar-refractivity contribution in [1.29, 1.82) is 0 Å². The minimum Gasteiger partial charge on any atom is -0.356 e. The molecule has 2 heterocycles. The molecule has 0 amide bonds. The molecule has 0 saturated carbocycles. The fourth-order valence-corrected chi connectivity index (χ4v) is 4.17. The zero-order valence-corrected chi connectivity index (χ0v) is 12.2. The summed E-state index contributed by atoms with van der Waals surface area (Å²) in [6, 6.07) is 0. The van der Waals surface area contributed by atoms with Crippen molar-refractivity contribution in [1.82, 2.24) is 9.97 Å². The van der Waals surface area contributed by atoms with Crippen LogP contribution in [0.1, 0.15) is 30.7 Å². The van der Waals surface area contributed by atoms with E-state index < -0.39 is 0 Å². The second-order valence-corrected chi connectivity index (χ2v) is 5.95. The molecule has 18 heavy (non-hydrogen) atoms. The maximum Gasteiger partial charge on any atom is 0.225 e. The molecule has 0 bridgehead atoms. The molecular weight excluding hydrogens is 266 g/mol. The molecule has 3 nitrogen and oxygen atoms in total. The largest absolute Gasteiger partial charge is 0.356 e. The molecule has 0 unspecified atom stereocenters. The van der Waals surface area contributed by atoms with Gasteiger partial charge < -0.3 is 4.90 Å². The molecule has 2 aromatic heterocycles. The van der Waals surface area contributed by atoms with Crippen molar-refractivity contribution in [3.05, 3.63) is 15.7 Å². The highest BCUT2D eigenvalue weighted by molar-refractivity contribution is 7.19. The van der Waals surface area contributed by atoms with Crippen LogP contribution < -0.4 is 4.90 Å². The Labute approximate surface area is 116 Å². The predicted molar refractivity (Wildman–Crippen MR) is 78.0 cm³/mol. The van der Waals surface area contributed by atoms with Crippen molar-refractivity contribution in [3.8, 4) is 0 Å². The third-order valence-electron chi connectivity index (χ3n) is 3.58. The van der Waals surface area contributed by atoms with Crippen molar-refractivity contribution in [3.63, 3.8) is 0 Å². The number of fused-ring (bicyclic) bond motifs is 3. The van der Waals surface area contributed by atoms with Gasteiger partial charge in [0.2, 0.25) is 5.28 Å². The number of halogens is 1. The van der Waals surface area contributed by atoms with E-state index in [9.17, 15) is 0 Å². The van der Waals surface area contributed by atoms with Gasteiger partial charge in [-0.3, -0.25) is 0 Å². The van der Waals surface area contributed by atoms with Gasteiger partial charge in [0.15, 0.2) is 0 Å². The minimum atomic E-state index is 0.365. The molecule has 3 rings (SSSR count). The normalized spacial score (nSPS) is 14.2. The molecular formula is C13H16ClN3S. The molecule has 1 aliphatic rings. The summed E-state index contributed by atoms with van der Waals surface area (Å²) in [5.41, 5.74) is 1.47. The fourth-order valence-electron chi connectivity index (χ4n) is 2.70. The van der Waals surface area contributed by atoms with Crippen molar-refractivity contribution < 1.29 is 0 Å². The third kappa shape index (κ3) is 1.79. The SMILES string of the molecule is CCN(CC)c1nc(Cl)nc2sc3c(c12)CCC3. The maximum atomic E-state index is 6.06. The van der Waals surface area contributed by atoms with Gasteiger partial charge in [-0.15, -0.1) is 11.3 Å². The first-order chi connectivity index (χ1) is 8.74. The van der Waals surface area contributed by atoms with E-state index in [0.717, 1.165) is 30.2 Å². The van der Waals surface area contributed by atoms with E-state index in [1.165, 1.54) is 28.7 Å². The van der Waals surface area contributed by atoms with E-state index in [1.807, 2.05) is 0 Å². The molecule has 0 aromatic carbocycles. The first-order valence-electron chi connectivity index (χ1n) is 6.47. The predicted octanol–water partition coefficient (Wildman–Crippen LogP) is 3.68. The Morgan fingerprint density at radius 1 is 1.22 bits per heavy atom. The smallest absolute Gasteiger partial charge is 0.225 e. The lowest BCUT2D eigenvalue weighted by molar-refractivity contribution is 0.848. The van der Waals surface area contributed by atoms with Gasteiger partial charge >= 0.3 is 0 Å². The highest BCUT2D eigenvalue weighted by Crippen LogP contribution is 2.40. The zero-order valence-electron chi connectivity index (χ0n) is 10.7. The Hall–Kier alpha value is -0.870. The second-order valence-electron chi connectivity index (χ2n) is 4.53. The van der Waals surface area contributed by atoms with Gasteiger partial charge in [-0.05, 0) is 50.3 Å². The number of nitrogens with zero attached hydrogens (tertiary/aromatic N) is 3. The number of hydrogen-bond donors (Lipinski definition) is 0. The summed E-state index contributed by atoms with van der Waals surface area (Å²) in [5, 5.41) is 1.62. The topological polar surface area (TPSA) is 29.0 Å². The Morgan fingerprint density at radius 2 is 2.00 bits per heavy atom. The van der Waals surface area contributed by atoms with Crippen LogP contribution in [-0.4, -0.2) is 23.1 Å². The summed E-state index contributed by atoms with van der Waals surface area (Å²) in [5.74, 6) is 1.02. The second kappa shape index (κ2) is 4.67. The quantitative estimate of drug-likeness (QED) is 0.804. The van der Waals surface area contributed by atoms with Crippen molar-refractivity contribution in [2.45, 2.75) is 33.1 Å². The lowest BCUT2D eigenvalue weighted by atomic mass is 10.2. The molecule has 1 aliphatic carbocycles. The maximum absolute atomic E-state index is 6.06. The van der Waals surface area contributed by atoms with E-state index in [0.29, 0.717) is 5.28 Å². The summed E-state index contributed by atoms with van der Waals surface area (Å²) in [6.07, 6.45) is 3.61. The molecule has 0 atom stereocenters. The highest BCUT2D eigenvalue weighted by atomic mass is 35.5. The number of aromatic nitrogens is 2. The lowest BCUT2D eigenvalue weighted by Gasteiger charge is -2.21. The Morgan fingerprint density at radius 3 is 2.72 bits per heavy atom. The van der Waals surface area contributed by atoms with Crippen LogP contribution in [0.2, 0.25) is 5.28 Å². The van der Waals surface area contributed by atoms with Crippen LogP contribution in [0.15, 0.2) is 0 Å². The van der Waals surface area contributed by atoms with Crippen LogP contribution in [0.5, 0.6) is 0 Å². The highest BCUT2D eigenvalue weighted by Gasteiger charge is 2.23. The first-order valence-corrected chi connectivity index (χ1v) is 7.66. The van der Waals surface area contributed by atoms with E-state index in [2.05, 4.69) is 28.7 Å². The summed E-state index contributed by atoms with van der Waals surface area (Å²) in [4.78, 5) is 13.7. The summed E-state index contributed by atoms with van der Waals surface area (Å²) >= 11 is 7.85. The monoisotopic (exact) mass is 281 g/mol. The fraction of sp³-hybridized carbons (Fsp3) is 0.538. The standard InChI is InChI=1S/C13H16ClN3S/c1-3-17(4-2)11-10-8-6-5-7-9(8)18-12(10)16-13(14)15-11/h3-7H2,1-2H3. The number of hydrogen-bond acceptors (Lipinski definition) is 4. The first kappa shape index (κ1) is 12.2. The number of aryl methyl sites for hydroxylation is 2. The molecule has 5 heteroatoms. The van der Waals surface area contributed by atoms with Gasteiger partial charge in [0.1, 0.15) is 10.6 Å². The molecule has 96 valence electrons. The Balaban J connectivity index is 2.28. The van der Waals surface area contributed by atoms with Crippen LogP contribution in [0.3, 0.4) is 0 Å². The van der Waals surface area contributed by atoms with Crippen LogP contribution >= 0.6 is 22.9 Å². The number of anilines is 1. The Kier molecular flexibility index (Phi) is 3.16. The number of thiophene rings is 1. The molecule has 0 radical (unpaired) electrons. The summed E-state index contributed by atoms with van der Waals surface area (Å²) < 4.78 is 0. The van der Waals surface area contributed by atoms with Gasteiger partial charge in [0.25, 0.3) is 0 Å². The van der Waals surface area contributed by atoms with Gasteiger partial charge in [-0.1, -0.05) is 0 Å². The van der Waals surface area contributed by atoms with Crippen LogP contribution in [0.25, 0.3) is 10.2 Å². The average Bonchev–Trinajstić information content (AvgIpc) is 2.89. The average molecular weight is 282 g/mol. The van der Waals surface area contributed by atoms with E-state index in [-0.39, 0.29) is 0 Å². The Bertz CT molecular complexity index is 589. The van der Waals surface area contributed by atoms with Crippen LogP contribution in [0, 0.1) is 0 Å². The van der Waals surface area contributed by atoms with Crippen molar-refractivity contribution >= 4 is 39.0 Å². The summed E-state index contributed by atoms with van der Waals surface area (Å²) in [7, 11) is 0. The molecule has 0 saturated heterocycles. The van der Waals surface area contributed by atoms with E-state index in [4.69, 9.17) is 11.6 Å². The van der Waals surface area contributed by atoms with Gasteiger partial charge in [-0.2, -0.15) is 4.98 Å². The van der Waals surface area contributed by atoms with Gasteiger partial charge in [-0.25, -0.2) is 4.98 Å². The van der Waals surface area contributed by atoms with Crippen LogP contribution in [0.4, 0.5) is 5.82 Å². The molecule has 0 aliphatic heterocycles. The van der Waals surface area contributed by atoms with E-state index in [1.54, 1.807) is 11.3 Å². The molecule has 0 spiro atoms. The minimum absolute atomic E-state index is 0.365. The zero-order chi connectivity index (χ0) is 12.7. The van der Waals surface area contributed by atoms with Crippen molar-refractivity contribution in [2.24, 2.45) is 0 Å². The lowest BCUT2D eigenvalue weighted by Crippen LogP contribution is -2.23. The van der Waals surface area contributed by atoms with Gasteiger partial charge in [0.05, 0.1) is 5.39 Å². The molecule has 0 fully saturated rings. The van der Waals surface area contributed by atoms with Crippen molar-refractivity contribution in [2.75, 3.05) is 18.0 Å². The van der Waals surface area contributed by atoms with Gasteiger partial charge in [0, 0.05) is 18.0 Å². The molecule has 2 aromatic rings. The number of rotatable bonds is 3. The third-order valence-corrected chi connectivity index (χ3v) is 4.94. The van der Waals surface area contributed by atoms with E-state index >= 15 is 0 Å². The molecule has 0 N–H and O–H groups in total.